The Balaban J connectivity index is 0.000000356. The first-order valence-electron chi connectivity index (χ1n) is 7.27. The average molecular weight is 273 g/mol. The van der Waals surface area contributed by atoms with Crippen molar-refractivity contribution >= 4 is 6.47 Å². The van der Waals surface area contributed by atoms with Crippen molar-refractivity contribution in [2.45, 2.75) is 71.9 Å². The molecule has 1 fully saturated rings. The molecule has 1 aliphatic carbocycles. The number of hydrogen-bond acceptors (Lipinski definition) is 4. The summed E-state index contributed by atoms with van der Waals surface area (Å²) in [6.45, 7) is 10.7. The van der Waals surface area contributed by atoms with E-state index in [1.54, 1.807) is 0 Å². The first kappa shape index (κ1) is 18.4. The van der Waals surface area contributed by atoms with Gasteiger partial charge in [-0.15, -0.1) is 0 Å². The summed E-state index contributed by atoms with van der Waals surface area (Å²) in [6.07, 6.45) is 5.78. The molecule has 0 heterocycles. The van der Waals surface area contributed by atoms with Crippen LogP contribution in [0.15, 0.2) is 0 Å². The minimum absolute atomic E-state index is 0.243. The molecule has 19 heavy (non-hydrogen) atoms. The Kier molecular flexibility index (Phi) is 9.88. The van der Waals surface area contributed by atoms with Crippen molar-refractivity contribution in [1.29, 1.82) is 0 Å². The van der Waals surface area contributed by atoms with Gasteiger partial charge in [0.2, 0.25) is 0 Å². The summed E-state index contributed by atoms with van der Waals surface area (Å²) < 4.78 is 10.2. The van der Waals surface area contributed by atoms with Crippen LogP contribution in [0.1, 0.15) is 59.8 Å². The van der Waals surface area contributed by atoms with Crippen molar-refractivity contribution in [3.8, 4) is 0 Å². The Morgan fingerprint density at radius 1 is 1.32 bits per heavy atom. The molecule has 1 atom stereocenters. The zero-order chi connectivity index (χ0) is 14.7. The van der Waals surface area contributed by atoms with Gasteiger partial charge in [0.05, 0.1) is 6.61 Å². The lowest BCUT2D eigenvalue weighted by atomic mass is 9.99. The molecule has 0 radical (unpaired) electrons. The highest BCUT2D eigenvalue weighted by Crippen LogP contribution is 2.19. The van der Waals surface area contributed by atoms with Crippen molar-refractivity contribution in [1.82, 2.24) is 0 Å². The smallest absolute Gasteiger partial charge is 0.293 e. The van der Waals surface area contributed by atoms with Crippen LogP contribution < -0.4 is 5.73 Å². The predicted octanol–water partition coefficient (Wildman–Crippen LogP) is 2.89. The number of carbonyl (C=O) groups is 1. The van der Waals surface area contributed by atoms with Crippen molar-refractivity contribution in [3.63, 3.8) is 0 Å². The monoisotopic (exact) mass is 273 g/mol. The van der Waals surface area contributed by atoms with Crippen LogP contribution in [-0.4, -0.2) is 31.8 Å². The maximum absolute atomic E-state index is 9.74. The van der Waals surface area contributed by atoms with Gasteiger partial charge in [0.1, 0.15) is 6.10 Å². The Morgan fingerprint density at radius 3 is 2.32 bits per heavy atom. The fourth-order valence-corrected chi connectivity index (χ4v) is 1.75. The number of carbonyl (C=O) groups excluding carboxylic acids is 1. The minimum Gasteiger partial charge on any atom is -0.465 e. The molecule has 0 aromatic rings. The van der Waals surface area contributed by atoms with Crippen LogP contribution in [0.3, 0.4) is 0 Å². The standard InChI is InChI=1S/C9H21NO.C6H10O2/c1-8(10)5-6-11-7-9(2,3)4;7-5-8-6-3-1-2-4-6/h8H,5-7,10H2,1-4H3;5-6H,1-4H2. The van der Waals surface area contributed by atoms with Crippen LogP contribution in [0.4, 0.5) is 0 Å². The lowest BCUT2D eigenvalue weighted by Crippen LogP contribution is -2.20. The average Bonchev–Trinajstić information content (AvgIpc) is 2.77. The van der Waals surface area contributed by atoms with Gasteiger partial charge in [-0.25, -0.2) is 0 Å². The SMILES string of the molecule is CC(N)CCOCC(C)(C)C.O=COC1CCCC1. The molecule has 1 aliphatic rings. The van der Waals surface area contributed by atoms with Gasteiger partial charge in [-0.05, 0) is 44.4 Å². The second-order valence-electron chi connectivity index (χ2n) is 6.52. The van der Waals surface area contributed by atoms with Crippen LogP contribution in [0.25, 0.3) is 0 Å². The molecule has 1 unspecified atom stereocenters. The topological polar surface area (TPSA) is 61.5 Å². The lowest BCUT2D eigenvalue weighted by molar-refractivity contribution is -0.133. The van der Waals surface area contributed by atoms with Crippen LogP contribution in [0.5, 0.6) is 0 Å². The Hall–Kier alpha value is -0.610. The van der Waals surface area contributed by atoms with E-state index < -0.39 is 0 Å². The van der Waals surface area contributed by atoms with E-state index in [4.69, 9.17) is 15.2 Å². The van der Waals surface area contributed by atoms with E-state index in [2.05, 4.69) is 20.8 Å². The summed E-state index contributed by atoms with van der Waals surface area (Å²) >= 11 is 0. The maximum Gasteiger partial charge on any atom is 0.293 e. The number of ether oxygens (including phenoxy) is 2. The molecule has 0 aromatic carbocycles. The maximum atomic E-state index is 9.74. The van der Waals surface area contributed by atoms with Gasteiger partial charge in [0.25, 0.3) is 6.47 Å². The summed E-state index contributed by atoms with van der Waals surface area (Å²) in [6, 6.07) is 0.259. The predicted molar refractivity (Wildman–Crippen MR) is 77.9 cm³/mol. The van der Waals surface area contributed by atoms with Crippen LogP contribution in [-0.2, 0) is 14.3 Å². The number of rotatable bonds is 6. The summed E-state index contributed by atoms with van der Waals surface area (Å²) in [7, 11) is 0. The first-order chi connectivity index (χ1) is 8.85. The van der Waals surface area contributed by atoms with E-state index in [9.17, 15) is 4.79 Å². The Morgan fingerprint density at radius 2 is 1.89 bits per heavy atom. The van der Waals surface area contributed by atoms with E-state index in [1.807, 2.05) is 6.92 Å². The molecule has 0 spiro atoms. The molecule has 4 heteroatoms. The third kappa shape index (κ3) is 13.6. The van der Waals surface area contributed by atoms with E-state index in [0.29, 0.717) is 6.47 Å². The molecule has 1 saturated carbocycles. The summed E-state index contributed by atoms with van der Waals surface area (Å²) in [5.74, 6) is 0. The van der Waals surface area contributed by atoms with Gasteiger partial charge in [0, 0.05) is 12.6 Å². The van der Waals surface area contributed by atoms with E-state index >= 15 is 0 Å². The molecule has 4 nitrogen and oxygen atoms in total. The van der Waals surface area contributed by atoms with Crippen molar-refractivity contribution < 1.29 is 14.3 Å². The molecule has 0 amide bonds. The van der Waals surface area contributed by atoms with Crippen LogP contribution in [0, 0.1) is 5.41 Å². The third-order valence-corrected chi connectivity index (χ3v) is 2.80. The molecule has 0 aromatic heterocycles. The highest BCUT2D eigenvalue weighted by atomic mass is 16.5. The molecular weight excluding hydrogens is 242 g/mol. The number of nitrogens with two attached hydrogens (primary N) is 1. The van der Waals surface area contributed by atoms with Crippen molar-refractivity contribution in [2.75, 3.05) is 13.2 Å². The molecular formula is C15H31NO3. The molecule has 2 N–H and O–H groups in total. The summed E-state index contributed by atoms with van der Waals surface area (Å²) in [5, 5.41) is 0. The van der Waals surface area contributed by atoms with E-state index in [-0.39, 0.29) is 17.6 Å². The van der Waals surface area contributed by atoms with E-state index in [1.165, 1.54) is 12.8 Å². The molecule has 0 aliphatic heterocycles. The van der Waals surface area contributed by atoms with Crippen LogP contribution in [0.2, 0.25) is 0 Å². The summed E-state index contributed by atoms with van der Waals surface area (Å²) in [4.78, 5) is 9.74. The molecule has 0 saturated heterocycles. The fourth-order valence-electron chi connectivity index (χ4n) is 1.75. The second kappa shape index (κ2) is 10.2. The van der Waals surface area contributed by atoms with E-state index in [0.717, 1.165) is 32.5 Å². The Labute approximate surface area is 118 Å². The Bertz CT molecular complexity index is 218. The molecule has 0 bridgehead atoms. The van der Waals surface area contributed by atoms with Gasteiger partial charge >= 0.3 is 0 Å². The zero-order valence-corrected chi connectivity index (χ0v) is 13.0. The number of hydrogen-bond donors (Lipinski definition) is 1. The third-order valence-electron chi connectivity index (χ3n) is 2.80. The second-order valence-corrected chi connectivity index (χ2v) is 6.52. The lowest BCUT2D eigenvalue weighted by Gasteiger charge is -2.18. The highest BCUT2D eigenvalue weighted by Gasteiger charge is 2.14. The van der Waals surface area contributed by atoms with Gasteiger partial charge in [-0.1, -0.05) is 20.8 Å². The first-order valence-corrected chi connectivity index (χ1v) is 7.27. The fraction of sp³-hybridized carbons (Fsp3) is 0.933. The van der Waals surface area contributed by atoms with Crippen LogP contribution >= 0.6 is 0 Å². The van der Waals surface area contributed by atoms with Gasteiger partial charge in [-0.2, -0.15) is 0 Å². The van der Waals surface area contributed by atoms with Crippen molar-refractivity contribution in [3.05, 3.63) is 0 Å². The largest absolute Gasteiger partial charge is 0.465 e. The highest BCUT2D eigenvalue weighted by molar-refractivity contribution is 5.37. The van der Waals surface area contributed by atoms with Gasteiger partial charge in [0.15, 0.2) is 0 Å². The molecule has 114 valence electrons. The van der Waals surface area contributed by atoms with Gasteiger partial charge in [-0.3, -0.25) is 4.79 Å². The van der Waals surface area contributed by atoms with Crippen molar-refractivity contribution in [2.24, 2.45) is 11.1 Å². The van der Waals surface area contributed by atoms with Gasteiger partial charge < -0.3 is 15.2 Å². The zero-order valence-electron chi connectivity index (χ0n) is 13.0. The minimum atomic E-state index is 0.243. The molecule has 1 rings (SSSR count). The summed E-state index contributed by atoms with van der Waals surface area (Å²) in [5.41, 5.74) is 5.84. The quantitative estimate of drug-likeness (QED) is 0.597. The normalized spacial score (nSPS) is 17.5.